The summed E-state index contributed by atoms with van der Waals surface area (Å²) in [4.78, 5) is 11.5. The summed E-state index contributed by atoms with van der Waals surface area (Å²) < 4.78 is 0. The van der Waals surface area contributed by atoms with Crippen LogP contribution in [0.1, 0.15) is 39.5 Å². The number of hydrogen-bond donors (Lipinski definition) is 2. The fourth-order valence-electron chi connectivity index (χ4n) is 1.85. The number of amides is 1. The van der Waals surface area contributed by atoms with Gasteiger partial charge in [0.1, 0.15) is 0 Å². The second-order valence-electron chi connectivity index (χ2n) is 4.43. The minimum Gasteiger partial charge on any atom is -0.393 e. The highest BCUT2D eigenvalue weighted by molar-refractivity contribution is 5.78. The van der Waals surface area contributed by atoms with Gasteiger partial charge in [0.25, 0.3) is 0 Å². The van der Waals surface area contributed by atoms with Crippen LogP contribution in [0.15, 0.2) is 0 Å². The second kappa shape index (κ2) is 5.35. The summed E-state index contributed by atoms with van der Waals surface area (Å²) in [5, 5.41) is 12.0. The van der Waals surface area contributed by atoms with Gasteiger partial charge >= 0.3 is 0 Å². The van der Waals surface area contributed by atoms with E-state index in [-0.39, 0.29) is 17.9 Å². The first kappa shape index (κ1) is 11.5. The van der Waals surface area contributed by atoms with E-state index in [1.807, 2.05) is 6.92 Å². The normalized spacial score (nSPS) is 27.9. The van der Waals surface area contributed by atoms with Gasteiger partial charge in [-0.05, 0) is 25.2 Å². The molecule has 0 saturated heterocycles. The molecule has 3 heteroatoms. The molecule has 0 aromatic heterocycles. The summed E-state index contributed by atoms with van der Waals surface area (Å²) in [7, 11) is 0. The Balaban J connectivity index is 2.08. The van der Waals surface area contributed by atoms with Gasteiger partial charge in [0.05, 0.1) is 6.10 Å². The molecule has 1 fully saturated rings. The lowest BCUT2D eigenvalue weighted by Crippen LogP contribution is -2.40. The summed E-state index contributed by atoms with van der Waals surface area (Å²) in [6.45, 7) is 4.80. The van der Waals surface area contributed by atoms with Crippen LogP contribution in [0, 0.1) is 11.8 Å². The molecular weight excluding hydrogens is 178 g/mol. The van der Waals surface area contributed by atoms with E-state index in [0.717, 1.165) is 32.2 Å². The number of carbonyl (C=O) groups is 1. The average molecular weight is 199 g/mol. The van der Waals surface area contributed by atoms with Gasteiger partial charge in [-0.15, -0.1) is 0 Å². The molecule has 1 atom stereocenters. The fraction of sp³-hybridized carbons (Fsp3) is 0.909. The number of nitrogens with one attached hydrogen (secondary N) is 1. The van der Waals surface area contributed by atoms with E-state index in [9.17, 15) is 4.79 Å². The van der Waals surface area contributed by atoms with Crippen LogP contribution in [0.3, 0.4) is 0 Å². The molecule has 0 aromatic carbocycles. The lowest BCUT2D eigenvalue weighted by atomic mass is 9.82. The minimum absolute atomic E-state index is 0.120. The van der Waals surface area contributed by atoms with E-state index in [4.69, 9.17) is 5.11 Å². The molecule has 0 spiro atoms. The average Bonchev–Trinajstić information content (AvgIpc) is 2.10. The number of hydrogen-bond acceptors (Lipinski definition) is 2. The molecule has 0 aromatic rings. The first-order chi connectivity index (χ1) is 6.63. The first-order valence-corrected chi connectivity index (χ1v) is 5.59. The number of carbonyl (C=O) groups excluding carboxylic acids is 1. The Morgan fingerprint density at radius 3 is 2.71 bits per heavy atom. The van der Waals surface area contributed by atoms with Crippen LogP contribution >= 0.6 is 0 Å². The molecule has 82 valence electrons. The second-order valence-corrected chi connectivity index (χ2v) is 4.43. The van der Waals surface area contributed by atoms with Crippen molar-refractivity contribution in [1.82, 2.24) is 5.32 Å². The Morgan fingerprint density at radius 2 is 2.21 bits per heavy atom. The van der Waals surface area contributed by atoms with Crippen LogP contribution in [-0.4, -0.2) is 23.7 Å². The monoisotopic (exact) mass is 199 g/mol. The van der Waals surface area contributed by atoms with Gasteiger partial charge in [-0.3, -0.25) is 4.79 Å². The summed E-state index contributed by atoms with van der Waals surface area (Å²) in [5.41, 5.74) is 0. The quantitative estimate of drug-likeness (QED) is 0.701. The highest BCUT2D eigenvalue weighted by atomic mass is 16.3. The molecular formula is C11H21NO2. The Morgan fingerprint density at radius 1 is 1.57 bits per heavy atom. The lowest BCUT2D eigenvalue weighted by molar-refractivity contribution is -0.125. The van der Waals surface area contributed by atoms with Gasteiger partial charge in [0.2, 0.25) is 5.91 Å². The zero-order chi connectivity index (χ0) is 10.6. The lowest BCUT2D eigenvalue weighted by Gasteiger charge is -2.31. The van der Waals surface area contributed by atoms with E-state index < -0.39 is 0 Å². The van der Waals surface area contributed by atoms with Gasteiger partial charge in [-0.1, -0.05) is 20.3 Å². The van der Waals surface area contributed by atoms with Crippen LogP contribution < -0.4 is 5.32 Å². The topological polar surface area (TPSA) is 49.3 Å². The molecule has 0 radical (unpaired) electrons. The van der Waals surface area contributed by atoms with Crippen molar-refractivity contribution >= 4 is 5.91 Å². The van der Waals surface area contributed by atoms with Crippen LogP contribution in [-0.2, 0) is 4.79 Å². The molecule has 0 aliphatic heterocycles. The highest BCUT2D eigenvalue weighted by Gasteiger charge is 2.27. The van der Waals surface area contributed by atoms with Crippen LogP contribution in [0.2, 0.25) is 0 Å². The summed E-state index contributed by atoms with van der Waals surface area (Å²) in [6.07, 6.45) is 3.59. The molecule has 1 aliphatic carbocycles. The van der Waals surface area contributed by atoms with Crippen LogP contribution in [0.25, 0.3) is 0 Å². The third-order valence-corrected chi connectivity index (χ3v) is 2.95. The van der Waals surface area contributed by atoms with Gasteiger partial charge in [-0.2, -0.15) is 0 Å². The Bertz CT molecular complexity index is 188. The maximum absolute atomic E-state index is 11.5. The van der Waals surface area contributed by atoms with E-state index in [1.165, 1.54) is 0 Å². The maximum atomic E-state index is 11.5. The number of rotatable bonds is 5. The van der Waals surface area contributed by atoms with Crippen molar-refractivity contribution in [1.29, 1.82) is 0 Å². The number of aliphatic hydroxyl groups is 1. The number of aliphatic hydroxyl groups excluding tert-OH is 1. The van der Waals surface area contributed by atoms with E-state index in [0.29, 0.717) is 5.92 Å². The van der Waals surface area contributed by atoms with Gasteiger partial charge in [-0.25, -0.2) is 0 Å². The molecule has 2 N–H and O–H groups in total. The highest BCUT2D eigenvalue weighted by Crippen LogP contribution is 2.26. The first-order valence-electron chi connectivity index (χ1n) is 5.59. The molecule has 1 saturated carbocycles. The standard InChI is InChI=1S/C11H21NO2/c1-3-4-8(2)11(14)12-7-9-5-10(13)6-9/h8-10,13H,3-7H2,1-2H3,(H,12,14). The summed E-state index contributed by atoms with van der Waals surface area (Å²) in [5.74, 6) is 0.793. The SMILES string of the molecule is CCCC(C)C(=O)NCC1CC(O)C1. The Hall–Kier alpha value is -0.570. The molecule has 0 bridgehead atoms. The molecule has 3 nitrogen and oxygen atoms in total. The summed E-state index contributed by atoms with van der Waals surface area (Å²) in [6, 6.07) is 0. The van der Waals surface area contributed by atoms with Gasteiger partial charge < -0.3 is 10.4 Å². The van der Waals surface area contributed by atoms with Gasteiger partial charge in [0.15, 0.2) is 0 Å². The fourth-order valence-corrected chi connectivity index (χ4v) is 1.85. The molecule has 1 amide bonds. The van der Waals surface area contributed by atoms with E-state index >= 15 is 0 Å². The molecule has 1 rings (SSSR count). The molecule has 0 heterocycles. The summed E-state index contributed by atoms with van der Waals surface area (Å²) >= 11 is 0. The van der Waals surface area contributed by atoms with Crippen molar-refractivity contribution in [2.45, 2.75) is 45.6 Å². The third kappa shape index (κ3) is 3.29. The van der Waals surface area contributed by atoms with Crippen LogP contribution in [0.5, 0.6) is 0 Å². The van der Waals surface area contributed by atoms with Crippen molar-refractivity contribution < 1.29 is 9.90 Å². The van der Waals surface area contributed by atoms with Crippen molar-refractivity contribution in [2.75, 3.05) is 6.54 Å². The molecule has 1 aliphatic rings. The predicted molar refractivity (Wildman–Crippen MR) is 55.8 cm³/mol. The largest absolute Gasteiger partial charge is 0.393 e. The van der Waals surface area contributed by atoms with Crippen LogP contribution in [0.4, 0.5) is 0 Å². The van der Waals surface area contributed by atoms with Crippen molar-refractivity contribution in [2.24, 2.45) is 11.8 Å². The molecule has 14 heavy (non-hydrogen) atoms. The maximum Gasteiger partial charge on any atom is 0.222 e. The van der Waals surface area contributed by atoms with E-state index in [2.05, 4.69) is 12.2 Å². The third-order valence-electron chi connectivity index (χ3n) is 2.95. The Kier molecular flexibility index (Phi) is 4.39. The van der Waals surface area contributed by atoms with E-state index in [1.54, 1.807) is 0 Å². The molecule has 1 unspecified atom stereocenters. The van der Waals surface area contributed by atoms with Gasteiger partial charge in [0, 0.05) is 12.5 Å². The van der Waals surface area contributed by atoms with Crippen molar-refractivity contribution in [3.8, 4) is 0 Å². The Labute approximate surface area is 85.9 Å². The minimum atomic E-state index is -0.120. The van der Waals surface area contributed by atoms with Crippen molar-refractivity contribution in [3.63, 3.8) is 0 Å². The zero-order valence-electron chi connectivity index (χ0n) is 9.12. The van der Waals surface area contributed by atoms with Crippen molar-refractivity contribution in [3.05, 3.63) is 0 Å². The predicted octanol–water partition coefficient (Wildman–Crippen LogP) is 1.31. The smallest absolute Gasteiger partial charge is 0.222 e. The zero-order valence-corrected chi connectivity index (χ0v) is 9.12.